The van der Waals surface area contributed by atoms with E-state index in [1.807, 2.05) is 0 Å². The molecule has 1 amide bonds. The predicted octanol–water partition coefficient (Wildman–Crippen LogP) is 3.40. The van der Waals surface area contributed by atoms with Crippen LogP contribution in [0, 0.1) is 0 Å². The van der Waals surface area contributed by atoms with E-state index >= 15 is 0 Å². The molecule has 0 saturated heterocycles. The minimum atomic E-state index is -0.546. The van der Waals surface area contributed by atoms with E-state index in [1.54, 1.807) is 27.7 Å². The summed E-state index contributed by atoms with van der Waals surface area (Å²) in [5.41, 5.74) is -0.141. The molecule has 1 saturated carbocycles. The molecule has 0 unspecified atom stereocenters. The van der Waals surface area contributed by atoms with Crippen molar-refractivity contribution in [3.8, 4) is 0 Å². The first-order chi connectivity index (χ1) is 10.6. The zero-order chi connectivity index (χ0) is 17.3. The number of hydrogen-bond acceptors (Lipinski definition) is 6. The summed E-state index contributed by atoms with van der Waals surface area (Å²) in [4.78, 5) is 29.1. The highest BCUT2D eigenvalue weighted by atomic mass is 32.1. The molecule has 0 bridgehead atoms. The third-order valence-electron chi connectivity index (χ3n) is 3.47. The Morgan fingerprint density at radius 1 is 1.35 bits per heavy atom. The van der Waals surface area contributed by atoms with E-state index in [0.29, 0.717) is 17.3 Å². The molecular formula is C16H24N2O4S. The standard InChI is InChI=1S/C16H24N2O4S/c1-6-21-13(19)11-12(16(5)7-8-16)23-10(18-11)9-17-14(20)22-15(2,3)4/h6-9H2,1-5H3,(H,17,20). The van der Waals surface area contributed by atoms with Gasteiger partial charge in [-0.3, -0.25) is 0 Å². The number of aromatic nitrogens is 1. The third-order valence-corrected chi connectivity index (χ3v) is 4.83. The molecule has 0 radical (unpaired) electrons. The molecule has 2 rings (SSSR count). The Morgan fingerprint density at radius 3 is 2.52 bits per heavy atom. The lowest BCUT2D eigenvalue weighted by Crippen LogP contribution is -2.32. The maximum atomic E-state index is 12.1. The Hall–Kier alpha value is -1.63. The molecule has 1 aromatic rings. The second-order valence-corrected chi connectivity index (χ2v) is 8.01. The number of ether oxygens (including phenoxy) is 2. The second-order valence-electron chi connectivity index (χ2n) is 6.92. The number of carbonyl (C=O) groups is 2. The molecule has 1 heterocycles. The SMILES string of the molecule is CCOC(=O)c1nc(CNC(=O)OC(C)(C)C)sc1C1(C)CC1. The molecule has 1 aliphatic carbocycles. The van der Waals surface area contributed by atoms with Crippen molar-refractivity contribution in [2.75, 3.05) is 6.61 Å². The lowest BCUT2D eigenvalue weighted by Gasteiger charge is -2.19. The van der Waals surface area contributed by atoms with Gasteiger partial charge in [-0.15, -0.1) is 11.3 Å². The number of nitrogens with one attached hydrogen (secondary N) is 1. The zero-order valence-corrected chi connectivity index (χ0v) is 15.1. The molecule has 7 heteroatoms. The molecule has 6 nitrogen and oxygen atoms in total. The molecule has 0 aliphatic heterocycles. The normalized spacial score (nSPS) is 15.9. The number of carbonyl (C=O) groups excluding carboxylic acids is 2. The summed E-state index contributed by atoms with van der Waals surface area (Å²) in [5.74, 6) is -0.393. The Labute approximate surface area is 140 Å². The van der Waals surface area contributed by atoms with E-state index in [1.165, 1.54) is 11.3 Å². The van der Waals surface area contributed by atoms with Gasteiger partial charge >= 0.3 is 12.1 Å². The fraction of sp³-hybridized carbons (Fsp3) is 0.688. The lowest BCUT2D eigenvalue weighted by atomic mass is 10.1. The zero-order valence-electron chi connectivity index (χ0n) is 14.3. The first kappa shape index (κ1) is 17.7. The first-order valence-electron chi connectivity index (χ1n) is 7.79. The van der Waals surface area contributed by atoms with Gasteiger partial charge in [0.25, 0.3) is 0 Å². The molecule has 0 atom stereocenters. The number of nitrogens with zero attached hydrogens (tertiary/aromatic N) is 1. The number of esters is 1. The monoisotopic (exact) mass is 340 g/mol. The topological polar surface area (TPSA) is 77.5 Å². The average Bonchev–Trinajstić information content (AvgIpc) is 3.01. The fourth-order valence-electron chi connectivity index (χ4n) is 2.06. The van der Waals surface area contributed by atoms with E-state index in [0.717, 1.165) is 17.7 Å². The van der Waals surface area contributed by atoms with Crippen LogP contribution in [0.1, 0.15) is 67.8 Å². The quantitative estimate of drug-likeness (QED) is 0.831. The highest BCUT2D eigenvalue weighted by molar-refractivity contribution is 7.12. The van der Waals surface area contributed by atoms with Crippen LogP contribution in [-0.4, -0.2) is 29.3 Å². The summed E-state index contributed by atoms with van der Waals surface area (Å²) < 4.78 is 10.3. The first-order valence-corrected chi connectivity index (χ1v) is 8.60. The number of amides is 1. The van der Waals surface area contributed by atoms with Crippen molar-refractivity contribution in [3.63, 3.8) is 0 Å². The largest absolute Gasteiger partial charge is 0.461 e. The minimum absolute atomic E-state index is 0.0178. The summed E-state index contributed by atoms with van der Waals surface area (Å²) >= 11 is 1.46. The van der Waals surface area contributed by atoms with Crippen LogP contribution < -0.4 is 5.32 Å². The molecule has 1 aromatic heterocycles. The molecule has 23 heavy (non-hydrogen) atoms. The average molecular weight is 340 g/mol. The van der Waals surface area contributed by atoms with Crippen LogP contribution in [0.3, 0.4) is 0 Å². The molecular weight excluding hydrogens is 316 g/mol. The number of hydrogen-bond donors (Lipinski definition) is 1. The van der Waals surface area contributed by atoms with Crippen LogP contribution in [0.4, 0.5) is 4.79 Å². The molecule has 1 fully saturated rings. The van der Waals surface area contributed by atoms with Crippen molar-refractivity contribution in [2.24, 2.45) is 0 Å². The maximum Gasteiger partial charge on any atom is 0.408 e. The van der Waals surface area contributed by atoms with Gasteiger partial charge in [0.2, 0.25) is 0 Å². The van der Waals surface area contributed by atoms with Crippen LogP contribution in [0.2, 0.25) is 0 Å². The van der Waals surface area contributed by atoms with Crippen molar-refractivity contribution >= 4 is 23.4 Å². The van der Waals surface area contributed by atoms with Gasteiger partial charge in [0.1, 0.15) is 10.6 Å². The van der Waals surface area contributed by atoms with Crippen molar-refractivity contribution in [1.82, 2.24) is 10.3 Å². The highest BCUT2D eigenvalue weighted by Gasteiger charge is 2.44. The van der Waals surface area contributed by atoms with Crippen molar-refractivity contribution in [3.05, 3.63) is 15.6 Å². The van der Waals surface area contributed by atoms with E-state index in [9.17, 15) is 9.59 Å². The number of thiazole rings is 1. The summed E-state index contributed by atoms with van der Waals surface area (Å²) in [6.45, 7) is 9.87. The minimum Gasteiger partial charge on any atom is -0.461 e. The molecule has 0 aromatic carbocycles. The summed E-state index contributed by atoms with van der Waals surface area (Å²) in [6, 6.07) is 0. The predicted molar refractivity (Wildman–Crippen MR) is 87.7 cm³/mol. The van der Waals surface area contributed by atoms with Crippen LogP contribution >= 0.6 is 11.3 Å². The van der Waals surface area contributed by atoms with E-state index in [2.05, 4.69) is 17.2 Å². The fourth-order valence-corrected chi connectivity index (χ4v) is 3.26. The van der Waals surface area contributed by atoms with Gasteiger partial charge in [-0.2, -0.15) is 0 Å². The highest BCUT2D eigenvalue weighted by Crippen LogP contribution is 2.51. The van der Waals surface area contributed by atoms with E-state index in [-0.39, 0.29) is 12.0 Å². The van der Waals surface area contributed by atoms with Crippen LogP contribution in [0.5, 0.6) is 0 Å². The van der Waals surface area contributed by atoms with Crippen molar-refractivity contribution < 1.29 is 19.1 Å². The Bertz CT molecular complexity index is 600. The third kappa shape index (κ3) is 4.67. The van der Waals surface area contributed by atoms with Gasteiger partial charge in [0.15, 0.2) is 5.69 Å². The molecule has 1 aliphatic rings. The van der Waals surface area contributed by atoms with Crippen LogP contribution in [0.25, 0.3) is 0 Å². The van der Waals surface area contributed by atoms with E-state index < -0.39 is 17.7 Å². The summed E-state index contributed by atoms with van der Waals surface area (Å²) in [6.07, 6.45) is 1.59. The van der Waals surface area contributed by atoms with Crippen LogP contribution in [0.15, 0.2) is 0 Å². The lowest BCUT2D eigenvalue weighted by molar-refractivity contribution is 0.0514. The van der Waals surface area contributed by atoms with Gasteiger partial charge in [-0.25, -0.2) is 14.6 Å². The van der Waals surface area contributed by atoms with Gasteiger partial charge in [-0.05, 0) is 40.5 Å². The summed E-state index contributed by atoms with van der Waals surface area (Å²) in [7, 11) is 0. The van der Waals surface area contributed by atoms with Gasteiger partial charge in [-0.1, -0.05) is 6.92 Å². The Kier molecular flexibility index (Phi) is 4.98. The maximum absolute atomic E-state index is 12.1. The van der Waals surface area contributed by atoms with Gasteiger partial charge in [0, 0.05) is 10.3 Å². The second kappa shape index (κ2) is 6.47. The number of alkyl carbamates (subject to hydrolysis) is 1. The van der Waals surface area contributed by atoms with Crippen molar-refractivity contribution in [1.29, 1.82) is 0 Å². The van der Waals surface area contributed by atoms with Gasteiger partial charge < -0.3 is 14.8 Å². The molecule has 128 valence electrons. The molecule has 0 spiro atoms. The smallest absolute Gasteiger partial charge is 0.408 e. The van der Waals surface area contributed by atoms with Crippen LogP contribution in [-0.2, 0) is 21.4 Å². The van der Waals surface area contributed by atoms with Crippen molar-refractivity contribution in [2.45, 2.75) is 65.0 Å². The Balaban J connectivity index is 2.08. The summed E-state index contributed by atoms with van der Waals surface area (Å²) in [5, 5.41) is 3.36. The van der Waals surface area contributed by atoms with Gasteiger partial charge in [0.05, 0.1) is 13.2 Å². The number of rotatable bonds is 5. The Morgan fingerprint density at radius 2 is 2.00 bits per heavy atom. The molecule has 1 N–H and O–H groups in total. The van der Waals surface area contributed by atoms with E-state index in [4.69, 9.17) is 9.47 Å².